The van der Waals surface area contributed by atoms with Gasteiger partial charge in [-0.2, -0.15) is 0 Å². The molecule has 3 rings (SSSR count). The Morgan fingerprint density at radius 1 is 1.10 bits per heavy atom. The second-order valence-corrected chi connectivity index (χ2v) is 4.62. The number of hydrogen-bond donors (Lipinski definition) is 0. The first kappa shape index (κ1) is 13.2. The van der Waals surface area contributed by atoms with Crippen molar-refractivity contribution in [3.05, 3.63) is 48.7 Å². The lowest BCUT2D eigenvalue weighted by atomic mass is 10.1. The van der Waals surface area contributed by atoms with Crippen molar-refractivity contribution in [2.45, 2.75) is 6.54 Å². The summed E-state index contributed by atoms with van der Waals surface area (Å²) in [6.45, 7) is 0.677. The Hall–Kier alpha value is -2.76. The van der Waals surface area contributed by atoms with Gasteiger partial charge in [-0.1, -0.05) is 12.1 Å². The summed E-state index contributed by atoms with van der Waals surface area (Å²) in [5.74, 6) is 1.41. The van der Waals surface area contributed by atoms with Crippen molar-refractivity contribution in [3.63, 3.8) is 0 Å². The number of pyridine rings is 1. The van der Waals surface area contributed by atoms with Gasteiger partial charge in [0, 0.05) is 25.2 Å². The largest absolute Gasteiger partial charge is 0.494 e. The highest BCUT2D eigenvalue weighted by Gasteiger charge is 2.10. The number of nitrogens with zero attached hydrogens (tertiary/aromatic N) is 5. The molecule has 0 unspecified atom stereocenters. The number of fused-ring (bicyclic) bond motifs is 1. The van der Waals surface area contributed by atoms with Crippen LogP contribution in [0.5, 0.6) is 5.75 Å². The molecule has 21 heavy (non-hydrogen) atoms. The van der Waals surface area contributed by atoms with Crippen LogP contribution in [0.3, 0.4) is 0 Å². The Morgan fingerprint density at radius 2 is 1.90 bits per heavy atom. The van der Waals surface area contributed by atoms with E-state index in [0.717, 1.165) is 22.2 Å². The summed E-state index contributed by atoms with van der Waals surface area (Å²) in [5, 5.41) is 1.07. The fourth-order valence-electron chi connectivity index (χ4n) is 2.26. The summed E-state index contributed by atoms with van der Waals surface area (Å²) in [6, 6.07) is 7.95. The molecule has 0 saturated heterocycles. The van der Waals surface area contributed by atoms with E-state index >= 15 is 0 Å². The number of methoxy groups -OCH3 is 1. The van der Waals surface area contributed by atoms with Gasteiger partial charge in [-0.3, -0.25) is 4.98 Å². The summed E-state index contributed by atoms with van der Waals surface area (Å²) in [7, 11) is 3.60. The third kappa shape index (κ3) is 2.60. The maximum absolute atomic E-state index is 5.36. The molecular weight excluding hydrogens is 266 g/mol. The van der Waals surface area contributed by atoms with E-state index in [2.05, 4.69) is 19.9 Å². The summed E-state index contributed by atoms with van der Waals surface area (Å²) >= 11 is 0. The van der Waals surface area contributed by atoms with Crippen molar-refractivity contribution in [2.75, 3.05) is 19.1 Å². The first-order chi connectivity index (χ1) is 10.3. The van der Waals surface area contributed by atoms with E-state index in [1.54, 1.807) is 13.3 Å². The highest BCUT2D eigenvalue weighted by atomic mass is 16.5. The molecule has 1 aromatic carbocycles. The zero-order valence-corrected chi connectivity index (χ0v) is 11.9. The molecule has 0 aliphatic heterocycles. The number of aromatic nitrogens is 4. The van der Waals surface area contributed by atoms with Gasteiger partial charge in [-0.25, -0.2) is 15.0 Å². The van der Waals surface area contributed by atoms with Crippen LogP contribution in [0, 0.1) is 0 Å². The van der Waals surface area contributed by atoms with E-state index in [1.807, 2.05) is 36.2 Å². The van der Waals surface area contributed by atoms with E-state index < -0.39 is 0 Å². The predicted molar refractivity (Wildman–Crippen MR) is 80.2 cm³/mol. The van der Waals surface area contributed by atoms with E-state index in [-0.39, 0.29) is 0 Å². The average Bonchev–Trinajstić information content (AvgIpc) is 2.56. The van der Waals surface area contributed by atoms with E-state index in [0.29, 0.717) is 12.5 Å². The predicted octanol–water partition coefficient (Wildman–Crippen LogP) is 2.06. The summed E-state index contributed by atoms with van der Waals surface area (Å²) in [5.41, 5.74) is 2.00. The van der Waals surface area contributed by atoms with Crippen LogP contribution < -0.4 is 9.64 Å². The molecule has 2 aromatic heterocycles. The number of hydrogen-bond acceptors (Lipinski definition) is 6. The molecule has 0 spiro atoms. The number of rotatable bonds is 4. The third-order valence-corrected chi connectivity index (χ3v) is 3.27. The van der Waals surface area contributed by atoms with Gasteiger partial charge in [0.1, 0.15) is 23.9 Å². The molecule has 0 saturated carbocycles. The Labute approximate surface area is 122 Å². The Kier molecular flexibility index (Phi) is 3.59. The van der Waals surface area contributed by atoms with Crippen molar-refractivity contribution >= 4 is 16.9 Å². The molecule has 0 aliphatic carbocycles. The van der Waals surface area contributed by atoms with Crippen LogP contribution in [-0.4, -0.2) is 34.1 Å². The van der Waals surface area contributed by atoms with Crippen LogP contribution in [0.25, 0.3) is 10.9 Å². The van der Waals surface area contributed by atoms with Crippen molar-refractivity contribution in [1.29, 1.82) is 0 Å². The van der Waals surface area contributed by atoms with Crippen LogP contribution in [-0.2, 0) is 6.54 Å². The number of anilines is 1. The fourth-order valence-corrected chi connectivity index (χ4v) is 2.26. The van der Waals surface area contributed by atoms with Crippen LogP contribution in [0.1, 0.15) is 5.56 Å². The van der Waals surface area contributed by atoms with Gasteiger partial charge >= 0.3 is 0 Å². The molecule has 0 fully saturated rings. The lowest BCUT2D eigenvalue weighted by molar-refractivity contribution is 0.419. The van der Waals surface area contributed by atoms with E-state index in [4.69, 9.17) is 4.74 Å². The first-order valence-corrected chi connectivity index (χ1v) is 6.53. The molecule has 0 N–H and O–H groups in total. The lowest BCUT2D eigenvalue weighted by Crippen LogP contribution is -2.19. The maximum atomic E-state index is 5.36. The molecular formula is C15H15N5O. The van der Waals surface area contributed by atoms with Crippen LogP contribution in [0.2, 0.25) is 0 Å². The number of ether oxygens (including phenoxy) is 1. The highest BCUT2D eigenvalue weighted by molar-refractivity contribution is 5.87. The Balaban J connectivity index is 1.98. The first-order valence-electron chi connectivity index (χ1n) is 6.53. The fraction of sp³-hybridized carbons (Fsp3) is 0.200. The molecule has 3 aromatic rings. The summed E-state index contributed by atoms with van der Waals surface area (Å²) in [4.78, 5) is 18.5. The van der Waals surface area contributed by atoms with Gasteiger partial charge < -0.3 is 9.64 Å². The van der Waals surface area contributed by atoms with Crippen molar-refractivity contribution in [2.24, 2.45) is 0 Å². The van der Waals surface area contributed by atoms with Gasteiger partial charge in [0.05, 0.1) is 7.11 Å². The smallest absolute Gasteiger partial charge is 0.228 e. The standard InChI is InChI=1S/C15H15N5O/c1-20(15-18-9-16-10-19-15)8-11-5-6-13(21-2)14-12(11)4-3-7-17-14/h3-7,9-10H,8H2,1-2H3. The molecule has 0 atom stereocenters. The molecule has 6 nitrogen and oxygen atoms in total. The van der Waals surface area contributed by atoms with Gasteiger partial charge in [0.15, 0.2) is 0 Å². The second kappa shape index (κ2) is 5.70. The molecule has 6 heteroatoms. The van der Waals surface area contributed by atoms with Crippen LogP contribution in [0.4, 0.5) is 5.95 Å². The topological polar surface area (TPSA) is 64.0 Å². The third-order valence-electron chi connectivity index (χ3n) is 3.27. The summed E-state index contributed by atoms with van der Waals surface area (Å²) < 4.78 is 5.36. The molecule has 0 amide bonds. The SMILES string of the molecule is COc1ccc(CN(C)c2ncncn2)c2cccnc12. The Bertz CT molecular complexity index is 747. The zero-order chi connectivity index (χ0) is 14.7. The molecule has 0 radical (unpaired) electrons. The molecule has 106 valence electrons. The number of benzene rings is 1. The molecule has 2 heterocycles. The summed E-state index contributed by atoms with van der Waals surface area (Å²) in [6.07, 6.45) is 4.75. The van der Waals surface area contributed by atoms with E-state index in [9.17, 15) is 0 Å². The second-order valence-electron chi connectivity index (χ2n) is 4.62. The quantitative estimate of drug-likeness (QED) is 0.729. The van der Waals surface area contributed by atoms with E-state index in [1.165, 1.54) is 12.7 Å². The van der Waals surface area contributed by atoms with Crippen LogP contribution in [0.15, 0.2) is 43.1 Å². The minimum Gasteiger partial charge on any atom is -0.494 e. The molecule has 0 aliphatic rings. The average molecular weight is 281 g/mol. The maximum Gasteiger partial charge on any atom is 0.228 e. The minimum absolute atomic E-state index is 0.637. The minimum atomic E-state index is 0.637. The lowest BCUT2D eigenvalue weighted by Gasteiger charge is -2.18. The molecule has 0 bridgehead atoms. The van der Waals surface area contributed by atoms with Gasteiger partial charge in [0.25, 0.3) is 0 Å². The van der Waals surface area contributed by atoms with Crippen molar-refractivity contribution in [3.8, 4) is 5.75 Å². The monoisotopic (exact) mass is 281 g/mol. The van der Waals surface area contributed by atoms with Crippen molar-refractivity contribution in [1.82, 2.24) is 19.9 Å². The zero-order valence-electron chi connectivity index (χ0n) is 11.9. The Morgan fingerprint density at radius 3 is 2.67 bits per heavy atom. The van der Waals surface area contributed by atoms with Crippen LogP contribution >= 0.6 is 0 Å². The van der Waals surface area contributed by atoms with Crippen molar-refractivity contribution < 1.29 is 4.74 Å². The van der Waals surface area contributed by atoms with Gasteiger partial charge in [0.2, 0.25) is 5.95 Å². The van der Waals surface area contributed by atoms with Gasteiger partial charge in [-0.05, 0) is 17.7 Å². The highest BCUT2D eigenvalue weighted by Crippen LogP contribution is 2.27. The normalized spacial score (nSPS) is 10.6. The van der Waals surface area contributed by atoms with Gasteiger partial charge in [-0.15, -0.1) is 0 Å².